The molecule has 3 rings (SSSR count). The fourth-order valence-electron chi connectivity index (χ4n) is 3.02. The van der Waals surface area contributed by atoms with Gasteiger partial charge in [0.15, 0.2) is 5.11 Å². The van der Waals surface area contributed by atoms with Crippen molar-refractivity contribution in [2.45, 2.75) is 20.3 Å². The molecule has 0 aliphatic heterocycles. The van der Waals surface area contributed by atoms with Gasteiger partial charge in [0, 0.05) is 17.7 Å². The molecule has 0 aromatic heterocycles. The Balaban J connectivity index is 1.49. The molecular weight excluding hydrogens is 380 g/mol. The average molecular weight is 405 g/mol. The number of rotatable bonds is 6. The molecule has 3 aromatic carbocycles. The average Bonchev–Trinajstić information content (AvgIpc) is 2.68. The molecule has 5 heteroatoms. The Bertz CT molecular complexity index is 965. The molecule has 4 nitrogen and oxygen atoms in total. The van der Waals surface area contributed by atoms with E-state index in [1.807, 2.05) is 44.2 Å². The maximum absolute atomic E-state index is 12.4. The van der Waals surface area contributed by atoms with Crippen LogP contribution in [0.1, 0.15) is 27.0 Å². The minimum Gasteiger partial charge on any atom is -0.493 e. The summed E-state index contributed by atoms with van der Waals surface area (Å²) in [5.74, 6) is 0.469. The molecule has 0 spiro atoms. The Hall–Kier alpha value is -3.18. The lowest BCUT2D eigenvalue weighted by molar-refractivity contribution is 0.0977. The largest absolute Gasteiger partial charge is 0.493 e. The first kappa shape index (κ1) is 20.6. The van der Waals surface area contributed by atoms with Gasteiger partial charge in [-0.3, -0.25) is 10.1 Å². The Morgan fingerprint density at radius 1 is 0.931 bits per heavy atom. The van der Waals surface area contributed by atoms with Gasteiger partial charge in [0.2, 0.25) is 0 Å². The minimum atomic E-state index is -0.261. The second-order valence-electron chi connectivity index (χ2n) is 6.89. The SMILES string of the molecule is Cc1cc(C)cc(NC(=S)NC(=O)c2ccc(OCCc3ccccc3)cc2)c1. The topological polar surface area (TPSA) is 50.4 Å². The number of carbonyl (C=O) groups excluding carboxylic acids is 1. The van der Waals surface area contributed by atoms with E-state index in [1.165, 1.54) is 5.56 Å². The van der Waals surface area contributed by atoms with Gasteiger partial charge in [-0.1, -0.05) is 36.4 Å². The van der Waals surface area contributed by atoms with Crippen molar-refractivity contribution < 1.29 is 9.53 Å². The van der Waals surface area contributed by atoms with Gasteiger partial charge in [-0.2, -0.15) is 0 Å². The first-order valence-corrected chi connectivity index (χ1v) is 9.88. The Morgan fingerprint density at radius 2 is 1.59 bits per heavy atom. The van der Waals surface area contributed by atoms with E-state index >= 15 is 0 Å². The molecule has 0 unspecified atom stereocenters. The smallest absolute Gasteiger partial charge is 0.257 e. The van der Waals surface area contributed by atoms with E-state index in [1.54, 1.807) is 24.3 Å². The summed E-state index contributed by atoms with van der Waals surface area (Å²) in [5, 5.41) is 6.03. The summed E-state index contributed by atoms with van der Waals surface area (Å²) in [7, 11) is 0. The van der Waals surface area contributed by atoms with Gasteiger partial charge in [-0.05, 0) is 79.2 Å². The molecule has 0 fully saturated rings. The zero-order chi connectivity index (χ0) is 20.6. The Labute approximate surface area is 176 Å². The number of nitrogens with one attached hydrogen (secondary N) is 2. The van der Waals surface area contributed by atoms with Gasteiger partial charge in [-0.15, -0.1) is 0 Å². The summed E-state index contributed by atoms with van der Waals surface area (Å²) in [6.07, 6.45) is 0.835. The molecule has 0 aliphatic carbocycles. The third-order valence-corrected chi connectivity index (χ3v) is 4.53. The van der Waals surface area contributed by atoms with Crippen LogP contribution >= 0.6 is 12.2 Å². The van der Waals surface area contributed by atoms with E-state index in [-0.39, 0.29) is 11.0 Å². The molecule has 3 aromatic rings. The number of amides is 1. The van der Waals surface area contributed by atoms with Crippen LogP contribution in [-0.2, 0) is 6.42 Å². The summed E-state index contributed by atoms with van der Waals surface area (Å²) in [4.78, 5) is 12.4. The molecule has 0 saturated heterocycles. The highest BCUT2D eigenvalue weighted by molar-refractivity contribution is 7.80. The predicted octanol–water partition coefficient (Wildman–Crippen LogP) is 5.05. The molecule has 148 valence electrons. The van der Waals surface area contributed by atoms with Gasteiger partial charge in [-0.25, -0.2) is 0 Å². The summed E-state index contributed by atoms with van der Waals surface area (Å²) >= 11 is 5.26. The number of ether oxygens (including phenoxy) is 1. The van der Waals surface area contributed by atoms with E-state index in [9.17, 15) is 4.79 Å². The zero-order valence-corrected chi connectivity index (χ0v) is 17.4. The van der Waals surface area contributed by atoms with E-state index in [2.05, 4.69) is 28.8 Å². The van der Waals surface area contributed by atoms with E-state index < -0.39 is 0 Å². The van der Waals surface area contributed by atoms with Crippen LogP contribution in [0.4, 0.5) is 5.69 Å². The molecule has 1 amide bonds. The quantitative estimate of drug-likeness (QED) is 0.565. The number of hydrogen-bond acceptors (Lipinski definition) is 3. The third kappa shape index (κ3) is 6.43. The van der Waals surface area contributed by atoms with Gasteiger partial charge in [0.05, 0.1) is 6.61 Å². The third-order valence-electron chi connectivity index (χ3n) is 4.33. The van der Waals surface area contributed by atoms with Crippen molar-refractivity contribution in [1.82, 2.24) is 5.32 Å². The number of hydrogen-bond donors (Lipinski definition) is 2. The number of aryl methyl sites for hydroxylation is 2. The molecule has 2 N–H and O–H groups in total. The van der Waals surface area contributed by atoms with Crippen molar-refractivity contribution in [1.29, 1.82) is 0 Å². The lowest BCUT2D eigenvalue weighted by Crippen LogP contribution is -2.34. The van der Waals surface area contributed by atoms with Crippen molar-refractivity contribution in [3.63, 3.8) is 0 Å². The van der Waals surface area contributed by atoms with Crippen LogP contribution in [0.5, 0.6) is 5.75 Å². The van der Waals surface area contributed by atoms with Crippen molar-refractivity contribution in [3.8, 4) is 5.75 Å². The van der Waals surface area contributed by atoms with Gasteiger partial charge >= 0.3 is 0 Å². The maximum Gasteiger partial charge on any atom is 0.257 e. The lowest BCUT2D eigenvalue weighted by atomic mass is 10.1. The van der Waals surface area contributed by atoms with Crippen LogP contribution in [0.3, 0.4) is 0 Å². The second-order valence-corrected chi connectivity index (χ2v) is 7.30. The van der Waals surface area contributed by atoms with Crippen LogP contribution < -0.4 is 15.4 Å². The first-order chi connectivity index (χ1) is 14.0. The van der Waals surface area contributed by atoms with E-state index in [0.717, 1.165) is 29.0 Å². The van der Waals surface area contributed by atoms with Crippen LogP contribution in [0.15, 0.2) is 72.8 Å². The number of benzene rings is 3. The van der Waals surface area contributed by atoms with Crippen molar-refractivity contribution >= 4 is 28.9 Å². The lowest BCUT2D eigenvalue weighted by Gasteiger charge is -2.11. The summed E-state index contributed by atoms with van der Waals surface area (Å²) in [6.45, 7) is 4.62. The van der Waals surface area contributed by atoms with Crippen molar-refractivity contribution in [2.75, 3.05) is 11.9 Å². The number of anilines is 1. The van der Waals surface area contributed by atoms with Gasteiger partial charge < -0.3 is 10.1 Å². The molecule has 0 bridgehead atoms. The molecule has 0 heterocycles. The zero-order valence-electron chi connectivity index (χ0n) is 16.6. The number of thiocarbonyl (C=S) groups is 1. The molecule has 0 radical (unpaired) electrons. The fourth-order valence-corrected chi connectivity index (χ4v) is 3.23. The second kappa shape index (κ2) is 9.85. The summed E-state index contributed by atoms with van der Waals surface area (Å²) in [5.41, 5.74) is 4.86. The van der Waals surface area contributed by atoms with Crippen LogP contribution in [0, 0.1) is 13.8 Å². The predicted molar refractivity (Wildman–Crippen MR) is 122 cm³/mol. The van der Waals surface area contributed by atoms with Gasteiger partial charge in [0.25, 0.3) is 5.91 Å². The highest BCUT2D eigenvalue weighted by Crippen LogP contribution is 2.15. The normalized spacial score (nSPS) is 10.3. The highest BCUT2D eigenvalue weighted by atomic mass is 32.1. The van der Waals surface area contributed by atoms with Gasteiger partial charge in [0.1, 0.15) is 5.75 Å². The number of carbonyl (C=O) groups is 1. The monoisotopic (exact) mass is 404 g/mol. The van der Waals surface area contributed by atoms with E-state index in [4.69, 9.17) is 17.0 Å². The summed E-state index contributed by atoms with van der Waals surface area (Å²) in [6, 6.07) is 23.3. The standard InChI is InChI=1S/C24H24N2O2S/c1-17-14-18(2)16-21(15-17)25-24(29)26-23(27)20-8-10-22(11-9-20)28-13-12-19-6-4-3-5-7-19/h3-11,14-16H,12-13H2,1-2H3,(H2,25,26,27,29). The molecule has 0 aliphatic rings. The summed E-state index contributed by atoms with van der Waals surface area (Å²) < 4.78 is 5.76. The Morgan fingerprint density at radius 3 is 2.24 bits per heavy atom. The van der Waals surface area contributed by atoms with Crippen LogP contribution in [0.2, 0.25) is 0 Å². The maximum atomic E-state index is 12.4. The Kier molecular flexibility index (Phi) is 6.98. The molecule has 29 heavy (non-hydrogen) atoms. The van der Waals surface area contributed by atoms with Crippen LogP contribution in [-0.4, -0.2) is 17.6 Å². The highest BCUT2D eigenvalue weighted by Gasteiger charge is 2.09. The fraction of sp³-hybridized carbons (Fsp3) is 0.167. The molecule has 0 atom stereocenters. The molecule has 0 saturated carbocycles. The van der Waals surface area contributed by atoms with Crippen molar-refractivity contribution in [3.05, 3.63) is 95.1 Å². The minimum absolute atomic E-state index is 0.261. The van der Waals surface area contributed by atoms with Crippen molar-refractivity contribution in [2.24, 2.45) is 0 Å². The van der Waals surface area contributed by atoms with Crippen LogP contribution in [0.25, 0.3) is 0 Å². The molecular formula is C24H24N2O2S. The van der Waals surface area contributed by atoms with E-state index in [0.29, 0.717) is 12.2 Å². The first-order valence-electron chi connectivity index (χ1n) is 9.47.